The van der Waals surface area contributed by atoms with Crippen molar-refractivity contribution in [3.8, 4) is 0 Å². The van der Waals surface area contributed by atoms with Crippen molar-refractivity contribution in [2.75, 3.05) is 11.9 Å². The van der Waals surface area contributed by atoms with Gasteiger partial charge < -0.3 is 15.5 Å². The van der Waals surface area contributed by atoms with E-state index in [9.17, 15) is 4.79 Å². The Morgan fingerprint density at radius 3 is 2.90 bits per heavy atom. The standard InChI is InChI=1S/C14H17N3O3/c1-9(3-2-6-18)17-13-11-5-4-10(14(19)20)7-12(11)15-8-16-13/h4-5,7-9,18H,2-3,6H2,1H3,(H,19,20)(H,15,16,17). The Balaban J connectivity index is 2.28. The topological polar surface area (TPSA) is 95.3 Å². The van der Waals surface area contributed by atoms with E-state index in [4.69, 9.17) is 10.2 Å². The van der Waals surface area contributed by atoms with Crippen LogP contribution in [0, 0.1) is 0 Å². The molecule has 0 aliphatic heterocycles. The lowest BCUT2D eigenvalue weighted by Crippen LogP contribution is -2.16. The van der Waals surface area contributed by atoms with Gasteiger partial charge in [-0.1, -0.05) is 0 Å². The number of aromatic nitrogens is 2. The third-order valence-corrected chi connectivity index (χ3v) is 3.06. The quantitative estimate of drug-likeness (QED) is 0.745. The molecule has 20 heavy (non-hydrogen) atoms. The van der Waals surface area contributed by atoms with Crippen LogP contribution in [0.3, 0.4) is 0 Å². The molecule has 3 N–H and O–H groups in total. The summed E-state index contributed by atoms with van der Waals surface area (Å²) >= 11 is 0. The number of hydrogen-bond donors (Lipinski definition) is 3. The van der Waals surface area contributed by atoms with Gasteiger partial charge in [-0.15, -0.1) is 0 Å². The van der Waals surface area contributed by atoms with Gasteiger partial charge in [-0.05, 0) is 38.0 Å². The van der Waals surface area contributed by atoms with Crippen LogP contribution in [0.2, 0.25) is 0 Å². The molecule has 0 spiro atoms. The van der Waals surface area contributed by atoms with Crippen LogP contribution >= 0.6 is 0 Å². The largest absolute Gasteiger partial charge is 0.478 e. The fraction of sp³-hybridized carbons (Fsp3) is 0.357. The van der Waals surface area contributed by atoms with Crippen molar-refractivity contribution in [3.05, 3.63) is 30.1 Å². The van der Waals surface area contributed by atoms with Crippen LogP contribution in [0.25, 0.3) is 10.9 Å². The summed E-state index contributed by atoms with van der Waals surface area (Å²) in [7, 11) is 0. The Bertz CT molecular complexity index is 616. The fourth-order valence-corrected chi connectivity index (χ4v) is 2.01. The second-order valence-electron chi connectivity index (χ2n) is 4.67. The molecule has 0 radical (unpaired) electrons. The van der Waals surface area contributed by atoms with Crippen molar-refractivity contribution >= 4 is 22.7 Å². The number of carboxylic acids is 1. The Morgan fingerprint density at radius 2 is 2.20 bits per heavy atom. The van der Waals surface area contributed by atoms with Crippen molar-refractivity contribution in [1.29, 1.82) is 0 Å². The summed E-state index contributed by atoms with van der Waals surface area (Å²) in [6, 6.07) is 4.94. The highest BCUT2D eigenvalue weighted by molar-refractivity contribution is 5.96. The van der Waals surface area contributed by atoms with Crippen molar-refractivity contribution in [3.63, 3.8) is 0 Å². The highest BCUT2D eigenvalue weighted by Gasteiger charge is 2.10. The first kappa shape index (κ1) is 14.2. The van der Waals surface area contributed by atoms with Crippen LogP contribution in [0.4, 0.5) is 5.82 Å². The zero-order valence-corrected chi connectivity index (χ0v) is 11.2. The minimum atomic E-state index is -0.976. The average Bonchev–Trinajstić information content (AvgIpc) is 2.44. The molecule has 0 saturated carbocycles. The van der Waals surface area contributed by atoms with Crippen LogP contribution in [0.1, 0.15) is 30.1 Å². The minimum absolute atomic E-state index is 0.165. The maximum Gasteiger partial charge on any atom is 0.335 e. The van der Waals surface area contributed by atoms with E-state index >= 15 is 0 Å². The summed E-state index contributed by atoms with van der Waals surface area (Å²) in [5.41, 5.74) is 0.798. The number of hydrogen-bond acceptors (Lipinski definition) is 5. The smallest absolute Gasteiger partial charge is 0.335 e. The van der Waals surface area contributed by atoms with Gasteiger partial charge in [0.1, 0.15) is 12.1 Å². The Hall–Kier alpha value is -2.21. The summed E-state index contributed by atoms with van der Waals surface area (Å²) in [4.78, 5) is 19.2. The van der Waals surface area contributed by atoms with E-state index in [0.29, 0.717) is 11.3 Å². The predicted octanol–water partition coefficient (Wildman–Crippen LogP) is 1.90. The Kier molecular flexibility index (Phi) is 4.47. The van der Waals surface area contributed by atoms with Crippen LogP contribution in [0.15, 0.2) is 24.5 Å². The number of nitrogens with one attached hydrogen (secondary N) is 1. The highest BCUT2D eigenvalue weighted by Crippen LogP contribution is 2.21. The van der Waals surface area contributed by atoms with Crippen molar-refractivity contribution in [1.82, 2.24) is 9.97 Å². The lowest BCUT2D eigenvalue weighted by atomic mass is 10.1. The van der Waals surface area contributed by atoms with Crippen LogP contribution in [-0.2, 0) is 0 Å². The van der Waals surface area contributed by atoms with Crippen molar-refractivity contribution in [2.24, 2.45) is 0 Å². The van der Waals surface area contributed by atoms with E-state index in [-0.39, 0.29) is 18.2 Å². The fourth-order valence-electron chi connectivity index (χ4n) is 2.01. The first-order valence-corrected chi connectivity index (χ1v) is 6.47. The van der Waals surface area contributed by atoms with Gasteiger partial charge in [0, 0.05) is 18.0 Å². The zero-order chi connectivity index (χ0) is 14.5. The highest BCUT2D eigenvalue weighted by atomic mass is 16.4. The van der Waals surface area contributed by atoms with E-state index < -0.39 is 5.97 Å². The van der Waals surface area contributed by atoms with Crippen molar-refractivity contribution < 1.29 is 15.0 Å². The molecule has 106 valence electrons. The number of carbonyl (C=O) groups is 1. The summed E-state index contributed by atoms with van der Waals surface area (Å²) in [5.74, 6) is -0.297. The monoisotopic (exact) mass is 275 g/mol. The van der Waals surface area contributed by atoms with E-state index in [1.807, 2.05) is 6.92 Å². The van der Waals surface area contributed by atoms with E-state index in [0.717, 1.165) is 18.2 Å². The number of carboxylic acid groups (broad SMARTS) is 1. The number of benzene rings is 1. The third kappa shape index (κ3) is 3.21. The normalized spacial score (nSPS) is 12.3. The molecule has 1 unspecified atom stereocenters. The molecule has 6 nitrogen and oxygen atoms in total. The van der Waals surface area contributed by atoms with Gasteiger partial charge in [-0.25, -0.2) is 14.8 Å². The molecule has 2 aromatic rings. The summed E-state index contributed by atoms with van der Waals surface area (Å²) in [6.45, 7) is 2.17. The average molecular weight is 275 g/mol. The summed E-state index contributed by atoms with van der Waals surface area (Å²) < 4.78 is 0. The van der Waals surface area contributed by atoms with Crippen LogP contribution in [0.5, 0.6) is 0 Å². The first-order valence-electron chi connectivity index (χ1n) is 6.47. The van der Waals surface area contributed by atoms with Crippen LogP contribution in [-0.4, -0.2) is 38.8 Å². The predicted molar refractivity (Wildman–Crippen MR) is 75.9 cm³/mol. The number of aliphatic hydroxyl groups is 1. The lowest BCUT2D eigenvalue weighted by molar-refractivity contribution is 0.0697. The van der Waals surface area contributed by atoms with E-state index in [2.05, 4.69) is 15.3 Å². The minimum Gasteiger partial charge on any atom is -0.478 e. The second-order valence-corrected chi connectivity index (χ2v) is 4.67. The van der Waals surface area contributed by atoms with Gasteiger partial charge >= 0.3 is 5.97 Å². The molecule has 1 heterocycles. The van der Waals surface area contributed by atoms with Crippen molar-refractivity contribution in [2.45, 2.75) is 25.8 Å². The number of aromatic carboxylic acids is 1. The van der Waals surface area contributed by atoms with Gasteiger partial charge in [0.15, 0.2) is 0 Å². The van der Waals surface area contributed by atoms with Gasteiger partial charge in [0.2, 0.25) is 0 Å². The van der Waals surface area contributed by atoms with Gasteiger partial charge in [-0.3, -0.25) is 0 Å². The number of rotatable bonds is 6. The zero-order valence-electron chi connectivity index (χ0n) is 11.2. The molecule has 0 amide bonds. The van der Waals surface area contributed by atoms with E-state index in [1.165, 1.54) is 18.5 Å². The van der Waals surface area contributed by atoms with E-state index in [1.54, 1.807) is 6.07 Å². The molecule has 0 saturated heterocycles. The number of anilines is 1. The summed E-state index contributed by atoms with van der Waals surface area (Å²) in [5, 5.41) is 21.8. The Labute approximate surface area is 116 Å². The molecular formula is C14H17N3O3. The number of fused-ring (bicyclic) bond motifs is 1. The maximum absolute atomic E-state index is 10.9. The molecule has 0 aliphatic carbocycles. The molecule has 6 heteroatoms. The Morgan fingerprint density at radius 1 is 1.40 bits per heavy atom. The van der Waals surface area contributed by atoms with Gasteiger partial charge in [0.05, 0.1) is 11.1 Å². The SMILES string of the molecule is CC(CCCO)Nc1ncnc2cc(C(=O)O)ccc12. The summed E-state index contributed by atoms with van der Waals surface area (Å²) in [6.07, 6.45) is 2.96. The van der Waals surface area contributed by atoms with Gasteiger partial charge in [-0.2, -0.15) is 0 Å². The number of nitrogens with zero attached hydrogens (tertiary/aromatic N) is 2. The first-order chi connectivity index (χ1) is 9.61. The number of aliphatic hydroxyl groups excluding tert-OH is 1. The third-order valence-electron chi connectivity index (χ3n) is 3.06. The molecule has 1 aromatic carbocycles. The molecule has 2 rings (SSSR count). The van der Waals surface area contributed by atoms with Gasteiger partial charge in [0.25, 0.3) is 0 Å². The van der Waals surface area contributed by atoms with Crippen LogP contribution < -0.4 is 5.32 Å². The molecule has 0 fully saturated rings. The molecule has 0 bridgehead atoms. The maximum atomic E-state index is 10.9. The molecule has 1 aromatic heterocycles. The molecule has 1 atom stereocenters. The lowest BCUT2D eigenvalue weighted by Gasteiger charge is -2.15. The molecule has 0 aliphatic rings. The molecular weight excluding hydrogens is 258 g/mol. The second kappa shape index (κ2) is 6.29.